The Morgan fingerprint density at radius 2 is 1.85 bits per heavy atom. The molecule has 1 heterocycles. The van der Waals surface area contributed by atoms with Gasteiger partial charge in [-0.1, -0.05) is 6.07 Å². The van der Waals surface area contributed by atoms with Crippen molar-refractivity contribution in [2.24, 2.45) is 0 Å². The molecule has 2 nitrogen and oxygen atoms in total. The lowest BCUT2D eigenvalue weighted by molar-refractivity contribution is -0.138. The van der Waals surface area contributed by atoms with Gasteiger partial charge in [-0.3, -0.25) is 0 Å². The van der Waals surface area contributed by atoms with Gasteiger partial charge in [0.15, 0.2) is 0 Å². The molecule has 0 unspecified atom stereocenters. The first-order valence-corrected chi connectivity index (χ1v) is 6.63. The molecule has 0 aliphatic carbocycles. The van der Waals surface area contributed by atoms with Crippen molar-refractivity contribution in [3.8, 4) is 0 Å². The maximum Gasteiger partial charge on any atom is 0.416 e. The molecule has 106 valence electrons. The van der Waals surface area contributed by atoms with Gasteiger partial charge in [-0.25, -0.2) is 4.98 Å². The molecule has 0 saturated carbocycles. The van der Waals surface area contributed by atoms with Crippen molar-refractivity contribution in [1.29, 1.82) is 0 Å². The van der Waals surface area contributed by atoms with Crippen molar-refractivity contribution in [1.82, 2.24) is 4.98 Å². The molecule has 0 saturated heterocycles. The Morgan fingerprint density at radius 3 is 2.45 bits per heavy atom. The number of rotatable bonds is 2. The third-order valence-corrected chi connectivity index (χ3v) is 3.39. The summed E-state index contributed by atoms with van der Waals surface area (Å²) in [6.45, 7) is 3.32. The zero-order valence-corrected chi connectivity index (χ0v) is 12.4. The highest BCUT2D eigenvalue weighted by molar-refractivity contribution is 9.10. The SMILES string of the molecule is Cc1cnc(Nc2ccc(C)c(C(F)(F)F)c2)c(Br)c1. The van der Waals surface area contributed by atoms with Gasteiger partial charge in [-0.2, -0.15) is 13.2 Å². The summed E-state index contributed by atoms with van der Waals surface area (Å²) in [5, 5.41) is 2.88. The van der Waals surface area contributed by atoms with Gasteiger partial charge in [0.1, 0.15) is 5.82 Å². The molecule has 2 rings (SSSR count). The van der Waals surface area contributed by atoms with Crippen LogP contribution < -0.4 is 5.32 Å². The molecule has 6 heteroatoms. The van der Waals surface area contributed by atoms with Gasteiger partial charge in [0, 0.05) is 11.9 Å². The smallest absolute Gasteiger partial charge is 0.339 e. The Balaban J connectivity index is 2.35. The van der Waals surface area contributed by atoms with Crippen molar-refractivity contribution >= 4 is 27.4 Å². The fourth-order valence-corrected chi connectivity index (χ4v) is 2.33. The number of hydrogen-bond donors (Lipinski definition) is 1. The van der Waals surface area contributed by atoms with Crippen LogP contribution in [-0.2, 0) is 6.18 Å². The second-order valence-electron chi connectivity index (χ2n) is 4.50. The molecule has 2 aromatic rings. The van der Waals surface area contributed by atoms with E-state index in [9.17, 15) is 13.2 Å². The maximum absolute atomic E-state index is 12.8. The minimum Gasteiger partial charge on any atom is -0.339 e. The van der Waals surface area contributed by atoms with E-state index < -0.39 is 11.7 Å². The van der Waals surface area contributed by atoms with E-state index in [1.807, 2.05) is 13.0 Å². The van der Waals surface area contributed by atoms with Crippen LogP contribution in [-0.4, -0.2) is 4.98 Å². The molecule has 0 radical (unpaired) electrons. The second kappa shape index (κ2) is 5.44. The molecule has 20 heavy (non-hydrogen) atoms. The minimum atomic E-state index is -4.36. The topological polar surface area (TPSA) is 24.9 Å². The van der Waals surface area contributed by atoms with Crippen LogP contribution in [0.15, 0.2) is 34.9 Å². The van der Waals surface area contributed by atoms with Gasteiger partial charge in [-0.15, -0.1) is 0 Å². The monoisotopic (exact) mass is 344 g/mol. The van der Waals surface area contributed by atoms with Crippen molar-refractivity contribution < 1.29 is 13.2 Å². The molecule has 0 fully saturated rings. The summed E-state index contributed by atoms with van der Waals surface area (Å²) in [5.41, 5.74) is 0.854. The van der Waals surface area contributed by atoms with Crippen LogP contribution in [0.4, 0.5) is 24.7 Å². The number of halogens is 4. The van der Waals surface area contributed by atoms with Gasteiger partial charge in [0.25, 0.3) is 0 Å². The van der Waals surface area contributed by atoms with E-state index in [4.69, 9.17) is 0 Å². The zero-order valence-electron chi connectivity index (χ0n) is 10.8. The quantitative estimate of drug-likeness (QED) is 0.807. The van der Waals surface area contributed by atoms with E-state index in [2.05, 4.69) is 26.2 Å². The standard InChI is InChI=1S/C14H12BrF3N2/c1-8-5-12(15)13(19-7-8)20-10-4-3-9(2)11(6-10)14(16,17)18/h3-7H,1-2H3,(H,19,20). The van der Waals surface area contributed by atoms with Crippen LogP contribution in [0, 0.1) is 13.8 Å². The van der Waals surface area contributed by atoms with Crippen molar-refractivity contribution in [3.05, 3.63) is 51.6 Å². The molecule has 0 spiro atoms. The number of hydrogen-bond acceptors (Lipinski definition) is 2. The van der Waals surface area contributed by atoms with E-state index in [0.29, 0.717) is 16.0 Å². The average Bonchev–Trinajstić information content (AvgIpc) is 2.33. The zero-order chi connectivity index (χ0) is 14.9. The Morgan fingerprint density at radius 1 is 1.15 bits per heavy atom. The van der Waals surface area contributed by atoms with Crippen LogP contribution >= 0.6 is 15.9 Å². The number of aromatic nitrogens is 1. The first kappa shape index (κ1) is 14.8. The number of pyridine rings is 1. The highest BCUT2D eigenvalue weighted by Crippen LogP contribution is 2.34. The summed E-state index contributed by atoms with van der Waals surface area (Å²) < 4.78 is 39.2. The van der Waals surface area contributed by atoms with Gasteiger partial charge in [0.05, 0.1) is 10.0 Å². The van der Waals surface area contributed by atoms with E-state index in [1.165, 1.54) is 13.0 Å². The van der Waals surface area contributed by atoms with Crippen LogP contribution in [0.25, 0.3) is 0 Å². The van der Waals surface area contributed by atoms with Crippen LogP contribution in [0.3, 0.4) is 0 Å². The lowest BCUT2D eigenvalue weighted by atomic mass is 10.1. The lowest BCUT2D eigenvalue weighted by Crippen LogP contribution is -2.08. The average molecular weight is 345 g/mol. The van der Waals surface area contributed by atoms with E-state index in [1.54, 1.807) is 12.3 Å². The Bertz CT molecular complexity index is 639. The van der Waals surface area contributed by atoms with E-state index in [0.717, 1.165) is 11.6 Å². The van der Waals surface area contributed by atoms with Gasteiger partial charge in [0.2, 0.25) is 0 Å². The van der Waals surface area contributed by atoms with Crippen molar-refractivity contribution in [3.63, 3.8) is 0 Å². The predicted octanol–water partition coefficient (Wildman–Crippen LogP) is 5.22. The third-order valence-electron chi connectivity index (χ3n) is 2.78. The van der Waals surface area contributed by atoms with Crippen molar-refractivity contribution in [2.75, 3.05) is 5.32 Å². The number of aryl methyl sites for hydroxylation is 2. The van der Waals surface area contributed by atoms with Crippen molar-refractivity contribution in [2.45, 2.75) is 20.0 Å². The van der Waals surface area contributed by atoms with Gasteiger partial charge in [-0.05, 0) is 59.1 Å². The highest BCUT2D eigenvalue weighted by Gasteiger charge is 2.32. The Labute approximate surface area is 123 Å². The number of benzene rings is 1. The Hall–Kier alpha value is -1.56. The first-order valence-electron chi connectivity index (χ1n) is 5.84. The summed E-state index contributed by atoms with van der Waals surface area (Å²) in [4.78, 5) is 4.15. The summed E-state index contributed by atoms with van der Waals surface area (Å²) in [5.74, 6) is 0.479. The number of nitrogens with zero attached hydrogens (tertiary/aromatic N) is 1. The summed E-state index contributed by atoms with van der Waals surface area (Å²) in [6, 6.07) is 5.96. The molecule has 1 N–H and O–H groups in total. The summed E-state index contributed by atoms with van der Waals surface area (Å²) in [7, 11) is 0. The molecule has 1 aromatic heterocycles. The molecule has 0 bridgehead atoms. The molecule has 0 aliphatic heterocycles. The van der Waals surface area contributed by atoms with Gasteiger partial charge < -0.3 is 5.32 Å². The molecular weight excluding hydrogens is 333 g/mol. The highest BCUT2D eigenvalue weighted by atomic mass is 79.9. The predicted molar refractivity (Wildman–Crippen MR) is 76.1 cm³/mol. The molecule has 1 aromatic carbocycles. The third kappa shape index (κ3) is 3.30. The second-order valence-corrected chi connectivity index (χ2v) is 5.35. The first-order chi connectivity index (χ1) is 9.27. The molecule has 0 atom stereocenters. The van der Waals surface area contributed by atoms with Gasteiger partial charge >= 0.3 is 6.18 Å². The minimum absolute atomic E-state index is 0.194. The normalized spacial score (nSPS) is 11.5. The number of alkyl halides is 3. The van der Waals surface area contributed by atoms with E-state index in [-0.39, 0.29) is 5.56 Å². The molecule has 0 aliphatic rings. The fourth-order valence-electron chi connectivity index (χ4n) is 1.77. The maximum atomic E-state index is 12.8. The fraction of sp³-hybridized carbons (Fsp3) is 0.214. The molecular formula is C14H12BrF3N2. The Kier molecular flexibility index (Phi) is 4.04. The lowest BCUT2D eigenvalue weighted by Gasteiger charge is -2.13. The number of nitrogens with one attached hydrogen (secondary N) is 1. The van der Waals surface area contributed by atoms with E-state index >= 15 is 0 Å². The number of anilines is 2. The van der Waals surface area contributed by atoms with Crippen LogP contribution in [0.5, 0.6) is 0 Å². The molecule has 0 amide bonds. The largest absolute Gasteiger partial charge is 0.416 e. The van der Waals surface area contributed by atoms with Crippen LogP contribution in [0.1, 0.15) is 16.7 Å². The summed E-state index contributed by atoms with van der Waals surface area (Å²) in [6.07, 6.45) is -2.72. The summed E-state index contributed by atoms with van der Waals surface area (Å²) >= 11 is 3.33. The van der Waals surface area contributed by atoms with Crippen LogP contribution in [0.2, 0.25) is 0 Å².